The normalized spacial score (nSPS) is 16.5. The molecule has 1 aliphatic rings. The van der Waals surface area contributed by atoms with Gasteiger partial charge in [-0.25, -0.2) is 22.9 Å². The second-order valence-electron chi connectivity index (χ2n) is 10.7. The molecule has 2 atom stereocenters. The molecule has 4 rings (SSSR count). The van der Waals surface area contributed by atoms with Crippen molar-refractivity contribution in [3.05, 3.63) is 84.1 Å². The molecule has 3 aromatic rings. The van der Waals surface area contributed by atoms with E-state index in [2.05, 4.69) is 9.97 Å². The molecule has 3 amide bonds. The smallest absolute Gasteiger partial charge is 0.290 e. The number of hydrogen-bond donors (Lipinski definition) is 0. The van der Waals surface area contributed by atoms with E-state index in [1.807, 2.05) is 0 Å². The first-order valence-corrected chi connectivity index (χ1v) is 13.9. The minimum atomic E-state index is -2.87. The Labute approximate surface area is 243 Å². The van der Waals surface area contributed by atoms with Crippen molar-refractivity contribution < 1.29 is 32.0 Å². The fraction of sp³-hybridized carbons (Fsp3) is 0.387. The standard InChI is InChI=1S/C31H35F3N5O3/c1-5-27(40)37(26-19-35-14-15-36-26)20-28(41)38(23-12-9-11-22(32)16-23)29(25-13-8-7-10-21(25)3)30(42)39(4,6-2)24-17-31(33,34)18-24/h7-16,19,24,29H,5-6,17-18,20H2,1-4H3/q+1. The number of alkyl halides is 2. The van der Waals surface area contributed by atoms with Crippen molar-refractivity contribution in [2.24, 2.45) is 0 Å². The fourth-order valence-electron chi connectivity index (χ4n) is 5.37. The Hall–Kier alpha value is -4.12. The van der Waals surface area contributed by atoms with Crippen molar-refractivity contribution >= 4 is 29.2 Å². The first kappa shape index (κ1) is 30.8. The van der Waals surface area contributed by atoms with Gasteiger partial charge in [0.25, 0.3) is 5.92 Å². The van der Waals surface area contributed by atoms with Crippen molar-refractivity contribution in [3.63, 3.8) is 0 Å². The van der Waals surface area contributed by atoms with Crippen molar-refractivity contribution in [2.45, 2.75) is 58.0 Å². The maximum Gasteiger partial charge on any atom is 0.341 e. The Kier molecular flexibility index (Phi) is 9.10. The molecular formula is C31H35F3N5O3+. The van der Waals surface area contributed by atoms with Crippen LogP contribution in [0.2, 0.25) is 0 Å². The van der Waals surface area contributed by atoms with Crippen LogP contribution < -0.4 is 9.80 Å². The number of hydrogen-bond acceptors (Lipinski definition) is 5. The monoisotopic (exact) mass is 582 g/mol. The van der Waals surface area contributed by atoms with Crippen molar-refractivity contribution in [2.75, 3.05) is 29.9 Å². The van der Waals surface area contributed by atoms with Gasteiger partial charge >= 0.3 is 5.91 Å². The average Bonchev–Trinajstić information content (AvgIpc) is 2.97. The van der Waals surface area contributed by atoms with Gasteiger partial charge in [-0.1, -0.05) is 37.3 Å². The Morgan fingerprint density at radius 1 is 1.05 bits per heavy atom. The van der Waals surface area contributed by atoms with E-state index in [4.69, 9.17) is 0 Å². The van der Waals surface area contributed by atoms with E-state index in [1.165, 1.54) is 46.6 Å². The van der Waals surface area contributed by atoms with Crippen molar-refractivity contribution in [1.82, 2.24) is 9.97 Å². The van der Waals surface area contributed by atoms with Gasteiger partial charge in [0.15, 0.2) is 11.9 Å². The van der Waals surface area contributed by atoms with E-state index < -0.39 is 60.9 Å². The third-order valence-corrected chi connectivity index (χ3v) is 8.09. The fourth-order valence-corrected chi connectivity index (χ4v) is 5.37. The Balaban J connectivity index is 1.88. The number of quaternary nitrogens is 1. The molecule has 222 valence electrons. The molecule has 2 unspecified atom stereocenters. The summed E-state index contributed by atoms with van der Waals surface area (Å²) in [5.41, 5.74) is 1.24. The summed E-state index contributed by atoms with van der Waals surface area (Å²) < 4.78 is 42.4. The number of benzene rings is 2. The summed E-state index contributed by atoms with van der Waals surface area (Å²) in [6.45, 7) is 4.85. The average molecular weight is 583 g/mol. The van der Waals surface area contributed by atoms with Crippen LogP contribution in [-0.4, -0.2) is 64.3 Å². The van der Waals surface area contributed by atoms with Crippen LogP contribution in [0.4, 0.5) is 24.7 Å². The third-order valence-electron chi connectivity index (χ3n) is 8.09. The van der Waals surface area contributed by atoms with Gasteiger partial charge in [0, 0.05) is 24.5 Å². The second-order valence-corrected chi connectivity index (χ2v) is 10.7. The van der Waals surface area contributed by atoms with Gasteiger partial charge in [-0.15, -0.1) is 0 Å². The Bertz CT molecular complexity index is 1450. The van der Waals surface area contributed by atoms with Crippen LogP contribution in [0.15, 0.2) is 67.1 Å². The summed E-state index contributed by atoms with van der Waals surface area (Å²) in [5.74, 6) is -4.94. The summed E-state index contributed by atoms with van der Waals surface area (Å²) in [4.78, 5) is 52.5. The summed E-state index contributed by atoms with van der Waals surface area (Å²) in [6, 6.07) is 10.3. The maximum absolute atomic E-state index is 14.7. The zero-order chi connectivity index (χ0) is 30.7. The molecular weight excluding hydrogens is 547 g/mol. The predicted molar refractivity (Wildman–Crippen MR) is 152 cm³/mol. The minimum absolute atomic E-state index is 0.0602. The summed E-state index contributed by atoms with van der Waals surface area (Å²) in [5, 5.41) is 0. The number of carbonyl (C=O) groups is 3. The van der Waals surface area contributed by atoms with Crippen LogP contribution in [-0.2, 0) is 14.4 Å². The molecule has 1 aliphatic carbocycles. The van der Waals surface area contributed by atoms with E-state index in [0.29, 0.717) is 11.1 Å². The Morgan fingerprint density at radius 3 is 2.33 bits per heavy atom. The lowest BCUT2D eigenvalue weighted by molar-refractivity contribution is -0.870. The molecule has 1 fully saturated rings. The maximum atomic E-state index is 14.7. The molecule has 0 saturated heterocycles. The van der Waals surface area contributed by atoms with Crippen molar-refractivity contribution in [3.8, 4) is 0 Å². The van der Waals surface area contributed by atoms with Crippen LogP contribution in [0.25, 0.3) is 0 Å². The molecule has 0 N–H and O–H groups in total. The molecule has 1 heterocycles. The SMILES string of the molecule is CCC(=O)N(CC(=O)N(c1cccc(F)c1)C(C(=O)[N+](C)(CC)C1CC(F)(F)C1)c1ccccc1C)c1cnccn1. The van der Waals surface area contributed by atoms with Gasteiger partial charge in [0.1, 0.15) is 18.4 Å². The van der Waals surface area contributed by atoms with Crippen LogP contribution in [0.5, 0.6) is 0 Å². The van der Waals surface area contributed by atoms with Crippen LogP contribution >= 0.6 is 0 Å². The second kappa shape index (κ2) is 12.4. The first-order chi connectivity index (χ1) is 19.9. The predicted octanol–water partition coefficient (Wildman–Crippen LogP) is 5.23. The van der Waals surface area contributed by atoms with Crippen LogP contribution in [0, 0.1) is 12.7 Å². The minimum Gasteiger partial charge on any atom is -0.290 e. The summed E-state index contributed by atoms with van der Waals surface area (Å²) in [6.07, 6.45) is 3.31. The van der Waals surface area contributed by atoms with Crippen LogP contribution in [0.1, 0.15) is 50.3 Å². The highest BCUT2D eigenvalue weighted by atomic mass is 19.3. The molecule has 0 spiro atoms. The van der Waals surface area contributed by atoms with Gasteiger partial charge in [-0.05, 0) is 43.2 Å². The number of aromatic nitrogens is 2. The highest BCUT2D eigenvalue weighted by molar-refractivity contribution is 6.06. The van der Waals surface area contributed by atoms with Gasteiger partial charge in [0.05, 0.1) is 32.6 Å². The lowest BCUT2D eigenvalue weighted by Gasteiger charge is -2.48. The van der Waals surface area contributed by atoms with E-state index >= 15 is 0 Å². The molecule has 0 radical (unpaired) electrons. The lowest BCUT2D eigenvalue weighted by atomic mass is 9.84. The van der Waals surface area contributed by atoms with Gasteiger partial charge in [-0.2, -0.15) is 0 Å². The zero-order valence-electron chi connectivity index (χ0n) is 24.1. The number of halogens is 3. The molecule has 0 bridgehead atoms. The van der Waals surface area contributed by atoms with Gasteiger partial charge in [-0.3, -0.25) is 28.9 Å². The molecule has 2 aromatic carbocycles. The third kappa shape index (κ3) is 6.20. The topological polar surface area (TPSA) is 83.5 Å². The van der Waals surface area contributed by atoms with Crippen LogP contribution in [0.3, 0.4) is 0 Å². The largest absolute Gasteiger partial charge is 0.341 e. The zero-order valence-corrected chi connectivity index (χ0v) is 24.1. The number of anilines is 2. The quantitative estimate of drug-likeness (QED) is 0.306. The first-order valence-electron chi connectivity index (χ1n) is 13.9. The van der Waals surface area contributed by atoms with E-state index in [0.717, 1.165) is 6.07 Å². The summed E-state index contributed by atoms with van der Waals surface area (Å²) >= 11 is 0. The molecule has 1 aromatic heterocycles. The lowest BCUT2D eigenvalue weighted by Crippen LogP contribution is -2.66. The molecule has 11 heteroatoms. The van der Waals surface area contributed by atoms with E-state index in [-0.39, 0.29) is 29.0 Å². The molecule has 42 heavy (non-hydrogen) atoms. The number of aryl methyl sites for hydroxylation is 1. The van der Waals surface area contributed by atoms with Gasteiger partial charge in [0.2, 0.25) is 11.8 Å². The van der Waals surface area contributed by atoms with E-state index in [9.17, 15) is 27.6 Å². The molecule has 8 nitrogen and oxygen atoms in total. The number of likely N-dealkylation sites (N-methyl/N-ethyl adjacent to an activating group) is 1. The number of carbonyl (C=O) groups excluding carboxylic acids is 3. The molecule has 1 saturated carbocycles. The number of rotatable bonds is 10. The number of nitrogens with zero attached hydrogens (tertiary/aromatic N) is 5. The highest BCUT2D eigenvalue weighted by Crippen LogP contribution is 2.45. The number of amides is 3. The van der Waals surface area contributed by atoms with Crippen molar-refractivity contribution in [1.29, 1.82) is 0 Å². The highest BCUT2D eigenvalue weighted by Gasteiger charge is 2.58. The summed E-state index contributed by atoms with van der Waals surface area (Å²) in [7, 11) is 1.61. The molecule has 0 aliphatic heterocycles. The Morgan fingerprint density at radius 2 is 1.76 bits per heavy atom. The van der Waals surface area contributed by atoms with E-state index in [1.54, 1.807) is 52.1 Å². The van der Waals surface area contributed by atoms with Gasteiger partial charge < -0.3 is 0 Å².